The molecule has 7 heteroatoms. The van der Waals surface area contributed by atoms with Gasteiger partial charge in [0, 0.05) is 0 Å². The Balaban J connectivity index is 2.80. The minimum absolute atomic E-state index is 0.116. The van der Waals surface area contributed by atoms with Crippen molar-refractivity contribution in [1.29, 1.82) is 0 Å². The molecule has 0 aliphatic carbocycles. The Labute approximate surface area is 124 Å². The van der Waals surface area contributed by atoms with Crippen LogP contribution in [0.15, 0.2) is 29.2 Å². The van der Waals surface area contributed by atoms with E-state index in [1.807, 2.05) is 6.92 Å². The number of rotatable bonds is 8. The van der Waals surface area contributed by atoms with Crippen molar-refractivity contribution < 1.29 is 13.2 Å². The van der Waals surface area contributed by atoms with Gasteiger partial charge in [-0.05, 0) is 50.0 Å². The smallest absolute Gasteiger partial charge is 0.241 e. The predicted molar refractivity (Wildman–Crippen MR) is 79.1 cm³/mol. The van der Waals surface area contributed by atoms with Crippen LogP contribution in [-0.4, -0.2) is 26.2 Å². The van der Waals surface area contributed by atoms with Crippen LogP contribution in [0.2, 0.25) is 0 Å². The van der Waals surface area contributed by atoms with Gasteiger partial charge in [-0.3, -0.25) is 4.79 Å². The first-order valence-electron chi connectivity index (χ1n) is 6.35. The van der Waals surface area contributed by atoms with Gasteiger partial charge >= 0.3 is 0 Å². The van der Waals surface area contributed by atoms with Gasteiger partial charge in [0.15, 0.2) is 0 Å². The minimum Gasteiger partial charge on any atom is -0.330 e. The zero-order chi connectivity index (χ0) is 15.2. The number of hydrogen-bond acceptors (Lipinski definition) is 4. The molecule has 0 saturated carbocycles. The molecule has 3 N–H and O–H groups in total. The van der Waals surface area contributed by atoms with Gasteiger partial charge in [0.2, 0.25) is 15.3 Å². The van der Waals surface area contributed by atoms with Gasteiger partial charge in [0.1, 0.15) is 0 Å². The predicted octanol–water partition coefficient (Wildman–Crippen LogP) is 1.54. The second-order valence-corrected chi connectivity index (χ2v) is 6.66. The Kier molecular flexibility index (Phi) is 6.61. The minimum atomic E-state index is -3.74. The van der Waals surface area contributed by atoms with Crippen molar-refractivity contribution in [3.8, 4) is 0 Å². The lowest BCUT2D eigenvalue weighted by Crippen LogP contribution is -2.38. The van der Waals surface area contributed by atoms with Gasteiger partial charge in [0.25, 0.3) is 0 Å². The Morgan fingerprint density at radius 2 is 1.90 bits per heavy atom. The molecule has 0 aliphatic heterocycles. The number of nitrogens with two attached hydrogens (primary N) is 1. The average Bonchev–Trinajstić information content (AvgIpc) is 2.38. The summed E-state index contributed by atoms with van der Waals surface area (Å²) in [7, 11) is -3.74. The molecule has 0 radical (unpaired) electrons. The van der Waals surface area contributed by atoms with Crippen LogP contribution in [0.4, 0.5) is 0 Å². The molecule has 0 heterocycles. The van der Waals surface area contributed by atoms with Crippen LogP contribution in [0.5, 0.6) is 0 Å². The van der Waals surface area contributed by atoms with Crippen LogP contribution in [0.1, 0.15) is 24.8 Å². The maximum Gasteiger partial charge on any atom is 0.241 e. The van der Waals surface area contributed by atoms with E-state index in [4.69, 9.17) is 17.3 Å². The summed E-state index contributed by atoms with van der Waals surface area (Å²) in [6.07, 6.45) is 1.69. The number of nitrogens with one attached hydrogen (secondary N) is 1. The van der Waals surface area contributed by atoms with Gasteiger partial charge < -0.3 is 5.73 Å². The van der Waals surface area contributed by atoms with Crippen molar-refractivity contribution in [3.05, 3.63) is 29.8 Å². The van der Waals surface area contributed by atoms with Gasteiger partial charge in [-0.1, -0.05) is 24.1 Å². The molecule has 1 aromatic rings. The van der Waals surface area contributed by atoms with E-state index in [9.17, 15) is 13.2 Å². The number of carbonyl (C=O) groups excluding carboxylic acids is 1. The molecule has 20 heavy (non-hydrogen) atoms. The van der Waals surface area contributed by atoms with Crippen molar-refractivity contribution in [3.63, 3.8) is 0 Å². The van der Waals surface area contributed by atoms with Gasteiger partial charge in [0.05, 0.1) is 10.9 Å². The first-order chi connectivity index (χ1) is 9.36. The van der Waals surface area contributed by atoms with E-state index in [1.54, 1.807) is 12.1 Å². The fourth-order valence-corrected chi connectivity index (χ4v) is 3.14. The van der Waals surface area contributed by atoms with Gasteiger partial charge in [-0.25, -0.2) is 8.42 Å². The van der Waals surface area contributed by atoms with Gasteiger partial charge in [-0.15, -0.1) is 0 Å². The quantitative estimate of drug-likeness (QED) is 0.562. The summed E-state index contributed by atoms with van der Waals surface area (Å²) >= 11 is 5.44. The maximum absolute atomic E-state index is 12.1. The largest absolute Gasteiger partial charge is 0.330 e. The Bertz CT molecular complexity index is 543. The second-order valence-electron chi connectivity index (χ2n) is 4.58. The molecule has 0 bridgehead atoms. The third kappa shape index (κ3) is 5.20. The monoisotopic (exact) mass is 318 g/mol. The maximum atomic E-state index is 12.1. The first-order valence-corrected chi connectivity index (χ1v) is 8.21. The summed E-state index contributed by atoms with van der Waals surface area (Å²) in [4.78, 5) is 11.4. The zero-order valence-corrected chi connectivity index (χ0v) is 12.9. The first kappa shape index (κ1) is 17.1. The van der Waals surface area contributed by atoms with Crippen molar-refractivity contribution in [2.45, 2.75) is 37.1 Å². The average molecular weight is 319 g/mol. The molecule has 5 nitrogen and oxygen atoms in total. The molecular formula is C13H19ClN2O3S. The van der Waals surface area contributed by atoms with Crippen molar-refractivity contribution in [1.82, 2.24) is 4.72 Å². The third-order valence-corrected chi connectivity index (χ3v) is 4.60. The highest BCUT2D eigenvalue weighted by atomic mass is 35.5. The van der Waals surface area contributed by atoms with E-state index in [0.29, 0.717) is 25.8 Å². The van der Waals surface area contributed by atoms with E-state index in [0.717, 1.165) is 5.56 Å². The number of unbranched alkanes of at least 4 members (excludes halogenated alkanes) is 1. The van der Waals surface area contributed by atoms with Gasteiger partial charge in [-0.2, -0.15) is 4.72 Å². The Morgan fingerprint density at radius 3 is 2.40 bits per heavy atom. The number of benzene rings is 1. The van der Waals surface area contributed by atoms with Crippen molar-refractivity contribution in [2.75, 3.05) is 6.54 Å². The fraction of sp³-hybridized carbons (Fsp3) is 0.462. The zero-order valence-electron chi connectivity index (χ0n) is 11.3. The topological polar surface area (TPSA) is 89.3 Å². The Morgan fingerprint density at radius 1 is 1.30 bits per heavy atom. The number of aryl methyl sites for hydroxylation is 1. The highest BCUT2D eigenvalue weighted by Gasteiger charge is 2.23. The SMILES string of the molecule is Cc1ccc(S(=O)(=O)NC(CCCCN)C(=O)Cl)cc1. The molecule has 1 atom stereocenters. The molecule has 0 saturated heterocycles. The number of sulfonamides is 1. The van der Waals surface area contributed by atoms with E-state index >= 15 is 0 Å². The lowest BCUT2D eigenvalue weighted by Gasteiger charge is -2.15. The molecule has 0 amide bonds. The highest BCUT2D eigenvalue weighted by Crippen LogP contribution is 2.13. The fourth-order valence-electron chi connectivity index (χ4n) is 1.68. The van der Waals surface area contributed by atoms with Crippen LogP contribution in [0.3, 0.4) is 0 Å². The number of halogens is 1. The summed E-state index contributed by atoms with van der Waals surface area (Å²) in [6, 6.07) is 5.45. The van der Waals surface area contributed by atoms with E-state index in [-0.39, 0.29) is 4.90 Å². The van der Waals surface area contributed by atoms with Crippen LogP contribution >= 0.6 is 11.6 Å². The second kappa shape index (κ2) is 7.73. The van der Waals surface area contributed by atoms with Crippen molar-refractivity contribution in [2.24, 2.45) is 5.73 Å². The van der Waals surface area contributed by atoms with E-state index in [1.165, 1.54) is 12.1 Å². The molecule has 1 rings (SSSR count). The van der Waals surface area contributed by atoms with Crippen LogP contribution in [0, 0.1) is 6.92 Å². The third-order valence-electron chi connectivity index (χ3n) is 2.85. The van der Waals surface area contributed by atoms with Crippen molar-refractivity contribution >= 4 is 26.9 Å². The number of hydrogen-bond donors (Lipinski definition) is 2. The molecule has 0 fully saturated rings. The highest BCUT2D eigenvalue weighted by molar-refractivity contribution is 7.89. The summed E-state index contributed by atoms with van der Waals surface area (Å²) in [5.74, 6) is 0. The summed E-state index contributed by atoms with van der Waals surface area (Å²) in [6.45, 7) is 2.36. The lowest BCUT2D eigenvalue weighted by atomic mass is 10.1. The van der Waals surface area contributed by atoms with Crippen LogP contribution < -0.4 is 10.5 Å². The van der Waals surface area contributed by atoms with Crippen LogP contribution in [0.25, 0.3) is 0 Å². The normalized spacial score (nSPS) is 13.2. The Hall–Kier alpha value is -0.950. The summed E-state index contributed by atoms with van der Waals surface area (Å²) in [5.41, 5.74) is 6.32. The molecule has 0 spiro atoms. The summed E-state index contributed by atoms with van der Waals surface area (Å²) < 4.78 is 26.6. The molecule has 112 valence electrons. The molecular weight excluding hydrogens is 300 g/mol. The van der Waals surface area contributed by atoms with E-state index < -0.39 is 21.3 Å². The standard InChI is InChI=1S/C13H19ClN2O3S/c1-10-5-7-11(8-6-10)20(18,19)16-12(13(14)17)4-2-3-9-15/h5-8,12,16H,2-4,9,15H2,1H3. The lowest BCUT2D eigenvalue weighted by molar-refractivity contribution is -0.113. The molecule has 0 aliphatic rings. The van der Waals surface area contributed by atoms with Crippen LogP contribution in [-0.2, 0) is 14.8 Å². The molecule has 1 aromatic carbocycles. The summed E-state index contributed by atoms with van der Waals surface area (Å²) in [5, 5.41) is -0.710. The molecule has 0 aromatic heterocycles. The number of carbonyl (C=O) groups is 1. The molecule has 1 unspecified atom stereocenters. The van der Waals surface area contributed by atoms with E-state index in [2.05, 4.69) is 4.72 Å².